The highest BCUT2D eigenvalue weighted by molar-refractivity contribution is 6.76. The number of nitrogens with zero attached hydrogens (tertiary/aromatic N) is 1. The van der Waals surface area contributed by atoms with E-state index in [-0.39, 0.29) is 23.7 Å². The highest BCUT2D eigenvalue weighted by atomic mass is 28.4. The van der Waals surface area contributed by atoms with E-state index < -0.39 is 16.4 Å². The summed E-state index contributed by atoms with van der Waals surface area (Å²) in [7, 11) is -0.0549. The molecular weight excluding hydrogens is 511 g/mol. The van der Waals surface area contributed by atoms with Crippen LogP contribution < -0.4 is 9.47 Å². The molecule has 0 aliphatic carbocycles. The number of fused-ring (bicyclic) bond motifs is 1. The molecule has 1 aliphatic rings. The largest absolute Gasteiger partial charge is 0.493 e. The third-order valence-corrected chi connectivity index (χ3v) is 13.7. The van der Waals surface area contributed by atoms with E-state index in [1.165, 1.54) is 11.1 Å². The van der Waals surface area contributed by atoms with Gasteiger partial charge in [0.15, 0.2) is 25.5 Å². The van der Waals surface area contributed by atoms with E-state index >= 15 is 0 Å². The average Bonchev–Trinajstić information content (AvgIpc) is 2.77. The van der Waals surface area contributed by atoms with Gasteiger partial charge in [-0.1, -0.05) is 46.0 Å². The fourth-order valence-corrected chi connectivity index (χ4v) is 7.84. The van der Waals surface area contributed by atoms with E-state index in [1.54, 1.807) is 14.2 Å². The number of benzene rings is 1. The van der Waals surface area contributed by atoms with Gasteiger partial charge in [0.2, 0.25) is 6.54 Å². The van der Waals surface area contributed by atoms with E-state index in [0.717, 1.165) is 42.5 Å². The summed E-state index contributed by atoms with van der Waals surface area (Å²) < 4.78 is 25.9. The van der Waals surface area contributed by atoms with Crippen LogP contribution in [0.5, 0.6) is 11.5 Å². The van der Waals surface area contributed by atoms with Gasteiger partial charge in [-0.05, 0) is 55.2 Å². The quantitative estimate of drug-likeness (QED) is 0.116. The first kappa shape index (κ1) is 32.3. The molecule has 214 valence electrons. The lowest BCUT2D eigenvalue weighted by Crippen LogP contribution is -2.45. The monoisotopic (exact) mass is 562 g/mol. The summed E-state index contributed by atoms with van der Waals surface area (Å²) in [5, 5.41) is 0.0850. The van der Waals surface area contributed by atoms with Crippen molar-refractivity contribution in [2.24, 2.45) is 0 Å². The van der Waals surface area contributed by atoms with Gasteiger partial charge in [0.1, 0.15) is 6.54 Å². The lowest BCUT2D eigenvalue weighted by Gasteiger charge is -2.40. The standard InChI is InChI=1S/C30H52NO5Si2/c1-13-35-29(32)20-31-15-14-23-17-27(33-6)28(34-7)19-25(23)26(31)18-24(16-22(2)21-37(8,9)10)36-38(11,12)30(3,4)5/h17,19,24H,2,13-16,18,20-21H2,1,3-12H3/q+1. The van der Waals surface area contributed by atoms with Crippen molar-refractivity contribution in [3.8, 4) is 11.5 Å². The zero-order chi connectivity index (χ0) is 28.9. The molecule has 1 aromatic rings. The van der Waals surface area contributed by atoms with Crippen LogP contribution in [0.2, 0.25) is 43.8 Å². The second-order valence-corrected chi connectivity index (χ2v) is 23.4. The van der Waals surface area contributed by atoms with Crippen molar-refractivity contribution < 1.29 is 28.0 Å². The highest BCUT2D eigenvalue weighted by Gasteiger charge is 2.41. The fourth-order valence-electron chi connectivity index (χ4n) is 4.84. The number of esters is 1. The van der Waals surface area contributed by atoms with Gasteiger partial charge in [0.25, 0.3) is 0 Å². The molecule has 0 spiro atoms. The van der Waals surface area contributed by atoms with Crippen molar-refractivity contribution >= 4 is 28.1 Å². The van der Waals surface area contributed by atoms with Crippen molar-refractivity contribution in [2.75, 3.05) is 33.9 Å². The number of rotatable bonds is 13. The Balaban J connectivity index is 2.60. The third kappa shape index (κ3) is 8.81. The van der Waals surface area contributed by atoms with Gasteiger partial charge < -0.3 is 18.6 Å². The first-order valence-corrected chi connectivity index (χ1v) is 20.5. The molecule has 38 heavy (non-hydrogen) atoms. The first-order chi connectivity index (χ1) is 17.5. The summed E-state index contributed by atoms with van der Waals surface area (Å²) in [5.41, 5.74) is 4.65. The first-order valence-electron chi connectivity index (χ1n) is 13.9. The molecule has 0 radical (unpaired) electrons. The summed E-state index contributed by atoms with van der Waals surface area (Å²) in [6, 6.07) is 5.21. The van der Waals surface area contributed by atoms with Crippen molar-refractivity contribution in [3.63, 3.8) is 0 Å². The Bertz CT molecular complexity index is 1030. The molecule has 1 aliphatic heterocycles. The Hall–Kier alpha value is -1.91. The molecule has 1 heterocycles. The normalized spacial score (nSPS) is 15.1. The van der Waals surface area contributed by atoms with E-state index in [2.05, 4.69) is 76.8 Å². The number of ether oxygens (including phenoxy) is 3. The minimum Gasteiger partial charge on any atom is -0.493 e. The molecule has 6 nitrogen and oxygen atoms in total. The summed E-state index contributed by atoms with van der Waals surface area (Å²) in [4.78, 5) is 12.6. The molecule has 1 unspecified atom stereocenters. The van der Waals surface area contributed by atoms with Gasteiger partial charge in [0.05, 0.1) is 33.4 Å². The lowest BCUT2D eigenvalue weighted by atomic mass is 9.91. The van der Waals surface area contributed by atoms with Crippen LogP contribution >= 0.6 is 0 Å². The van der Waals surface area contributed by atoms with Crippen molar-refractivity contribution in [3.05, 3.63) is 35.4 Å². The molecule has 0 aromatic heterocycles. The highest BCUT2D eigenvalue weighted by Crippen LogP contribution is 2.39. The van der Waals surface area contributed by atoms with Crippen molar-refractivity contribution in [1.29, 1.82) is 0 Å². The van der Waals surface area contributed by atoms with Crippen LogP contribution in [0.4, 0.5) is 0 Å². The molecule has 0 N–H and O–H groups in total. The molecule has 0 amide bonds. The average molecular weight is 563 g/mol. The van der Waals surface area contributed by atoms with Gasteiger partial charge in [-0.25, -0.2) is 9.37 Å². The Labute approximate surface area is 233 Å². The fraction of sp³-hybridized carbons (Fsp3) is 0.667. The minimum atomic E-state index is -2.07. The number of hydrogen-bond donors (Lipinski definition) is 0. The van der Waals surface area contributed by atoms with Gasteiger partial charge >= 0.3 is 5.97 Å². The van der Waals surface area contributed by atoms with Crippen molar-refractivity contribution in [1.82, 2.24) is 0 Å². The predicted molar refractivity (Wildman–Crippen MR) is 163 cm³/mol. The van der Waals surface area contributed by atoms with E-state index in [9.17, 15) is 4.79 Å². The number of carbonyl (C=O) groups is 1. The zero-order valence-electron chi connectivity index (χ0n) is 25.9. The Morgan fingerprint density at radius 2 is 1.68 bits per heavy atom. The Morgan fingerprint density at radius 3 is 2.21 bits per heavy atom. The third-order valence-electron chi connectivity index (χ3n) is 7.56. The smallest absolute Gasteiger partial charge is 0.372 e. The van der Waals surface area contributed by atoms with E-state index in [4.69, 9.17) is 18.6 Å². The second kappa shape index (κ2) is 13.0. The van der Waals surface area contributed by atoms with Crippen LogP contribution in [0, 0.1) is 0 Å². The predicted octanol–water partition coefficient (Wildman–Crippen LogP) is 6.69. The van der Waals surface area contributed by atoms with Crippen LogP contribution in [0.25, 0.3) is 0 Å². The lowest BCUT2D eigenvalue weighted by molar-refractivity contribution is -0.520. The molecule has 0 fully saturated rings. The maximum Gasteiger partial charge on any atom is 0.372 e. The number of hydrogen-bond acceptors (Lipinski definition) is 5. The molecule has 0 bridgehead atoms. The molecule has 1 aromatic carbocycles. The van der Waals surface area contributed by atoms with E-state index in [0.29, 0.717) is 18.8 Å². The van der Waals surface area contributed by atoms with Crippen LogP contribution in [0.3, 0.4) is 0 Å². The molecule has 2 rings (SSSR count). The maximum atomic E-state index is 12.6. The van der Waals surface area contributed by atoms with Crippen LogP contribution in [0.1, 0.15) is 51.7 Å². The summed E-state index contributed by atoms with van der Waals surface area (Å²) in [5.74, 6) is 1.20. The summed E-state index contributed by atoms with van der Waals surface area (Å²) >= 11 is 0. The molecule has 8 heteroatoms. The second-order valence-electron chi connectivity index (χ2n) is 13.2. The van der Waals surface area contributed by atoms with Gasteiger partial charge in [-0.15, -0.1) is 6.58 Å². The Morgan fingerprint density at radius 1 is 1.08 bits per heavy atom. The summed E-state index contributed by atoms with van der Waals surface area (Å²) in [6.45, 7) is 26.3. The minimum absolute atomic E-state index is 0.0292. The topological polar surface area (TPSA) is 57.0 Å². The maximum absolute atomic E-state index is 12.6. The molecule has 0 saturated carbocycles. The number of carbonyl (C=O) groups excluding carboxylic acids is 1. The summed E-state index contributed by atoms with van der Waals surface area (Å²) in [6.07, 6.45) is 2.29. The van der Waals surface area contributed by atoms with Gasteiger partial charge in [0, 0.05) is 20.1 Å². The van der Waals surface area contributed by atoms with Crippen LogP contribution in [-0.4, -0.2) is 72.7 Å². The number of methoxy groups -OCH3 is 2. The Kier molecular flexibility index (Phi) is 11.0. The SMILES string of the molecule is C=C(CC(CC1=[N+](CC(=O)OCC)CCc2cc(OC)c(OC)cc21)O[Si](C)(C)C(C)(C)C)C[Si](C)(C)C. The molecule has 1 atom stereocenters. The van der Waals surface area contributed by atoms with Crippen molar-refractivity contribution in [2.45, 2.75) is 96.9 Å². The van der Waals surface area contributed by atoms with Gasteiger partial charge in [-0.2, -0.15) is 0 Å². The van der Waals surface area contributed by atoms with Crippen LogP contribution in [-0.2, 0) is 20.4 Å². The van der Waals surface area contributed by atoms with Crippen LogP contribution in [0.15, 0.2) is 24.3 Å². The van der Waals surface area contributed by atoms with E-state index in [1.807, 2.05) is 6.92 Å². The zero-order valence-corrected chi connectivity index (χ0v) is 27.9. The molecular formula is C30H52NO5Si2+. The van der Waals surface area contributed by atoms with Gasteiger partial charge in [-0.3, -0.25) is 0 Å². The molecule has 0 saturated heterocycles.